The summed E-state index contributed by atoms with van der Waals surface area (Å²) in [4.78, 5) is 0. The Morgan fingerprint density at radius 1 is 1.83 bits per heavy atom. The minimum absolute atomic E-state index is 1.19. The van der Waals surface area contributed by atoms with E-state index < -0.39 is 0 Å². The van der Waals surface area contributed by atoms with Crippen LogP contribution in [-0.4, -0.2) is 9.47 Å². The van der Waals surface area contributed by atoms with Gasteiger partial charge in [-0.2, -0.15) is 0 Å². The van der Waals surface area contributed by atoms with Gasteiger partial charge in [-0.3, -0.25) is 0 Å². The number of hydrogen-bond donors (Lipinski definition) is 0. The molecule has 1 aliphatic heterocycles. The van der Waals surface area contributed by atoms with Gasteiger partial charge in [-0.1, -0.05) is 0 Å². The Labute approximate surface area is 54.9 Å². The van der Waals surface area contributed by atoms with E-state index in [0.717, 1.165) is 0 Å². The van der Waals surface area contributed by atoms with E-state index in [1.54, 1.807) is 11.9 Å². The molecule has 0 aromatic carbocycles. The molecular formula is C3H4INS. The Kier molecular flexibility index (Phi) is 1.76. The lowest BCUT2D eigenvalue weighted by Gasteiger charge is -1.71. The zero-order chi connectivity index (χ0) is 4.41. The standard InChI is InChI=1S/C3H4INS/c4-3-1-2-6-5-3/h1-2H2. The van der Waals surface area contributed by atoms with Crippen LogP contribution in [0.2, 0.25) is 0 Å². The SMILES string of the molecule is IC1=NSCC1. The van der Waals surface area contributed by atoms with Crippen molar-refractivity contribution < 1.29 is 0 Å². The second kappa shape index (κ2) is 2.16. The fraction of sp³-hybridized carbons (Fsp3) is 0.667. The number of nitrogens with zero attached hydrogens (tertiary/aromatic N) is 1. The molecule has 0 N–H and O–H groups in total. The van der Waals surface area contributed by atoms with E-state index in [1.807, 2.05) is 0 Å². The summed E-state index contributed by atoms with van der Waals surface area (Å²) in [6.45, 7) is 0. The lowest BCUT2D eigenvalue weighted by Crippen LogP contribution is -1.75. The minimum Gasteiger partial charge on any atom is -0.215 e. The number of rotatable bonds is 0. The van der Waals surface area contributed by atoms with E-state index in [2.05, 4.69) is 27.0 Å². The summed E-state index contributed by atoms with van der Waals surface area (Å²) in [5.41, 5.74) is 0. The molecule has 0 bridgehead atoms. The molecule has 0 fully saturated rings. The van der Waals surface area contributed by atoms with Crippen LogP contribution in [-0.2, 0) is 0 Å². The van der Waals surface area contributed by atoms with E-state index >= 15 is 0 Å². The Balaban J connectivity index is 2.45. The first-order chi connectivity index (χ1) is 2.89. The largest absolute Gasteiger partial charge is 0.215 e. The van der Waals surface area contributed by atoms with Crippen molar-refractivity contribution in [2.45, 2.75) is 6.42 Å². The smallest absolute Gasteiger partial charge is 0.0875 e. The van der Waals surface area contributed by atoms with Gasteiger partial charge in [0.05, 0.1) is 3.72 Å². The van der Waals surface area contributed by atoms with E-state index in [0.29, 0.717) is 0 Å². The Morgan fingerprint density at radius 2 is 2.67 bits per heavy atom. The molecule has 0 aromatic rings. The van der Waals surface area contributed by atoms with Crippen molar-refractivity contribution in [3.63, 3.8) is 0 Å². The topological polar surface area (TPSA) is 12.4 Å². The molecule has 0 radical (unpaired) electrons. The molecule has 1 rings (SSSR count). The zero-order valence-corrected chi connectivity index (χ0v) is 6.12. The van der Waals surface area contributed by atoms with Crippen molar-refractivity contribution in [3.05, 3.63) is 0 Å². The Hall–Kier alpha value is 0.750. The first-order valence-electron chi connectivity index (χ1n) is 1.74. The van der Waals surface area contributed by atoms with Gasteiger partial charge < -0.3 is 0 Å². The lowest BCUT2D eigenvalue weighted by molar-refractivity contribution is 1.39. The molecule has 6 heavy (non-hydrogen) atoms. The van der Waals surface area contributed by atoms with Crippen LogP contribution < -0.4 is 0 Å². The maximum atomic E-state index is 4.06. The summed E-state index contributed by atoms with van der Waals surface area (Å²) in [6.07, 6.45) is 1.19. The van der Waals surface area contributed by atoms with E-state index in [-0.39, 0.29) is 0 Å². The molecule has 0 aromatic heterocycles. The fourth-order valence-corrected chi connectivity index (χ4v) is 1.95. The molecule has 1 nitrogen and oxygen atoms in total. The van der Waals surface area contributed by atoms with Crippen LogP contribution in [0.1, 0.15) is 6.42 Å². The van der Waals surface area contributed by atoms with Crippen LogP contribution in [0, 0.1) is 0 Å². The quantitative estimate of drug-likeness (QED) is 0.442. The maximum absolute atomic E-state index is 4.06. The van der Waals surface area contributed by atoms with Crippen molar-refractivity contribution in [3.8, 4) is 0 Å². The first kappa shape index (κ1) is 4.90. The summed E-state index contributed by atoms with van der Waals surface area (Å²) in [7, 11) is 0. The third kappa shape index (κ3) is 1.11. The molecular weight excluding hydrogens is 209 g/mol. The van der Waals surface area contributed by atoms with Crippen LogP contribution in [0.3, 0.4) is 0 Å². The highest BCUT2D eigenvalue weighted by molar-refractivity contribution is 14.1. The number of hydrogen-bond acceptors (Lipinski definition) is 2. The molecule has 0 saturated carbocycles. The zero-order valence-electron chi connectivity index (χ0n) is 3.15. The Bertz CT molecular complexity index is 80.9. The molecule has 0 aliphatic carbocycles. The van der Waals surface area contributed by atoms with Gasteiger partial charge in [0.15, 0.2) is 0 Å². The molecule has 34 valence electrons. The summed E-state index contributed by atoms with van der Waals surface area (Å²) < 4.78 is 5.32. The second-order valence-corrected chi connectivity index (χ2v) is 3.15. The van der Waals surface area contributed by atoms with Crippen molar-refractivity contribution >= 4 is 38.3 Å². The highest BCUT2D eigenvalue weighted by atomic mass is 127. The van der Waals surface area contributed by atoms with Crippen molar-refractivity contribution in [1.82, 2.24) is 0 Å². The monoisotopic (exact) mass is 213 g/mol. The molecule has 1 heterocycles. The molecule has 0 saturated heterocycles. The van der Waals surface area contributed by atoms with Gasteiger partial charge >= 0.3 is 0 Å². The lowest BCUT2D eigenvalue weighted by atomic mass is 10.5. The predicted octanol–water partition coefficient (Wildman–Crippen LogP) is 1.87. The van der Waals surface area contributed by atoms with Gasteiger partial charge in [-0.25, -0.2) is 4.40 Å². The molecule has 1 aliphatic rings. The highest BCUT2D eigenvalue weighted by Gasteiger charge is 1.99. The van der Waals surface area contributed by atoms with E-state index in [9.17, 15) is 0 Å². The molecule has 0 spiro atoms. The van der Waals surface area contributed by atoms with Crippen LogP contribution in [0.4, 0.5) is 0 Å². The molecule has 0 unspecified atom stereocenters. The maximum Gasteiger partial charge on any atom is 0.0875 e. The third-order valence-electron chi connectivity index (χ3n) is 0.563. The van der Waals surface area contributed by atoms with E-state index in [4.69, 9.17) is 0 Å². The third-order valence-corrected chi connectivity index (χ3v) is 2.41. The molecule has 3 heteroatoms. The van der Waals surface area contributed by atoms with Gasteiger partial charge in [-0.15, -0.1) is 0 Å². The van der Waals surface area contributed by atoms with Crippen LogP contribution in [0.25, 0.3) is 0 Å². The van der Waals surface area contributed by atoms with Crippen LogP contribution >= 0.6 is 34.5 Å². The average molecular weight is 213 g/mol. The summed E-state index contributed by atoms with van der Waals surface area (Å²) in [6, 6.07) is 0. The molecule has 0 amide bonds. The number of halogens is 1. The predicted molar refractivity (Wildman–Crippen MR) is 38.5 cm³/mol. The normalized spacial score (nSPS) is 21.2. The minimum atomic E-state index is 1.19. The Morgan fingerprint density at radius 3 is 2.83 bits per heavy atom. The van der Waals surface area contributed by atoms with Crippen LogP contribution in [0.15, 0.2) is 4.40 Å². The molecule has 0 atom stereocenters. The van der Waals surface area contributed by atoms with Gasteiger partial charge in [-0.05, 0) is 34.5 Å². The first-order valence-corrected chi connectivity index (χ1v) is 3.76. The van der Waals surface area contributed by atoms with Crippen LogP contribution in [0.5, 0.6) is 0 Å². The summed E-state index contributed by atoms with van der Waals surface area (Å²) in [5.74, 6) is 1.19. The fourth-order valence-electron chi connectivity index (χ4n) is 0.291. The summed E-state index contributed by atoms with van der Waals surface area (Å²) in [5, 5.41) is 0. The van der Waals surface area contributed by atoms with Crippen molar-refractivity contribution in [2.24, 2.45) is 4.40 Å². The van der Waals surface area contributed by atoms with Gasteiger partial charge in [0, 0.05) is 12.2 Å². The van der Waals surface area contributed by atoms with Gasteiger partial charge in [0.2, 0.25) is 0 Å². The van der Waals surface area contributed by atoms with Crippen molar-refractivity contribution in [2.75, 3.05) is 5.75 Å². The van der Waals surface area contributed by atoms with E-state index in [1.165, 1.54) is 15.9 Å². The van der Waals surface area contributed by atoms with Crippen molar-refractivity contribution in [1.29, 1.82) is 0 Å². The van der Waals surface area contributed by atoms with Gasteiger partial charge in [0.1, 0.15) is 0 Å². The average Bonchev–Trinajstić information content (AvgIpc) is 1.86. The second-order valence-electron chi connectivity index (χ2n) is 1.05. The summed E-state index contributed by atoms with van der Waals surface area (Å²) >= 11 is 3.92. The van der Waals surface area contributed by atoms with Gasteiger partial charge in [0.25, 0.3) is 0 Å². The highest BCUT2D eigenvalue weighted by Crippen LogP contribution is 2.17.